The molecule has 0 saturated carbocycles. The Morgan fingerprint density at radius 1 is 1.26 bits per heavy atom. The van der Waals surface area contributed by atoms with Crippen molar-refractivity contribution in [2.75, 3.05) is 25.5 Å². The van der Waals surface area contributed by atoms with E-state index >= 15 is 0 Å². The third-order valence-corrected chi connectivity index (χ3v) is 2.56. The van der Waals surface area contributed by atoms with Crippen LogP contribution in [0.15, 0.2) is 28.7 Å². The summed E-state index contributed by atoms with van der Waals surface area (Å²) in [4.78, 5) is 2.01. The van der Waals surface area contributed by atoms with Gasteiger partial charge in [0, 0.05) is 38.8 Å². The smallest absolute Gasteiger partial charge is 0.253 e. The van der Waals surface area contributed by atoms with Gasteiger partial charge in [-0.2, -0.15) is 0 Å². The topological polar surface area (TPSA) is 77.4 Å². The predicted octanol–water partition coefficient (Wildman–Crippen LogP) is 1.22. The van der Waals surface area contributed by atoms with E-state index in [2.05, 4.69) is 10.2 Å². The van der Waals surface area contributed by atoms with E-state index < -0.39 is 0 Å². The van der Waals surface area contributed by atoms with E-state index in [4.69, 9.17) is 14.9 Å². The Morgan fingerprint density at radius 3 is 2.79 bits per heavy atom. The van der Waals surface area contributed by atoms with Gasteiger partial charge in [-0.25, -0.2) is 0 Å². The van der Waals surface area contributed by atoms with E-state index in [1.165, 1.54) is 0 Å². The van der Waals surface area contributed by atoms with Crippen molar-refractivity contribution >= 4 is 5.69 Å². The van der Waals surface area contributed by atoms with Gasteiger partial charge in [-0.05, 0) is 12.1 Å². The normalized spacial score (nSPS) is 10.5. The Bertz CT molecular complexity index is 525. The maximum absolute atomic E-state index is 5.62. The summed E-state index contributed by atoms with van der Waals surface area (Å²) in [6, 6.07) is 7.80. The predicted molar refractivity (Wildman–Crippen MR) is 72.2 cm³/mol. The van der Waals surface area contributed by atoms with Crippen LogP contribution in [0.2, 0.25) is 0 Å². The summed E-state index contributed by atoms with van der Waals surface area (Å²) in [5, 5.41) is 7.78. The molecule has 2 aromatic rings. The van der Waals surface area contributed by atoms with Crippen molar-refractivity contribution in [3.63, 3.8) is 0 Å². The first-order chi connectivity index (χ1) is 9.19. The zero-order valence-corrected chi connectivity index (χ0v) is 11.2. The number of hydrogen-bond acceptors (Lipinski definition) is 6. The molecule has 1 aromatic carbocycles. The molecule has 0 atom stereocenters. The molecule has 0 amide bonds. The first-order valence-electron chi connectivity index (χ1n) is 6.10. The highest BCUT2D eigenvalue weighted by molar-refractivity contribution is 5.49. The first-order valence-corrected chi connectivity index (χ1v) is 6.10. The van der Waals surface area contributed by atoms with Crippen LogP contribution in [0.1, 0.15) is 11.8 Å². The fourth-order valence-electron chi connectivity index (χ4n) is 1.57. The second-order valence-electron chi connectivity index (χ2n) is 4.31. The quantitative estimate of drug-likeness (QED) is 0.843. The number of nitrogens with two attached hydrogens (primary N) is 1. The summed E-state index contributed by atoms with van der Waals surface area (Å²) in [7, 11) is 3.96. The Balaban J connectivity index is 1.95. The standard InChI is InChI=1S/C13H18N4O2/c1-17(2)10-4-3-5-11(8-10)18-9-13-16-15-12(19-13)6-7-14/h3-5,8H,6-7,9,14H2,1-2H3. The molecule has 0 spiro atoms. The summed E-state index contributed by atoms with van der Waals surface area (Å²) in [6.07, 6.45) is 0.586. The van der Waals surface area contributed by atoms with Crippen molar-refractivity contribution in [1.29, 1.82) is 0 Å². The van der Waals surface area contributed by atoms with Gasteiger partial charge in [0.1, 0.15) is 5.75 Å². The Labute approximate surface area is 112 Å². The van der Waals surface area contributed by atoms with Gasteiger partial charge in [-0.1, -0.05) is 6.07 Å². The summed E-state index contributed by atoms with van der Waals surface area (Å²) in [5.74, 6) is 1.77. The monoisotopic (exact) mass is 262 g/mol. The third-order valence-electron chi connectivity index (χ3n) is 2.56. The van der Waals surface area contributed by atoms with Crippen LogP contribution in [0.3, 0.4) is 0 Å². The van der Waals surface area contributed by atoms with Crippen LogP contribution >= 0.6 is 0 Å². The van der Waals surface area contributed by atoms with E-state index in [1.54, 1.807) is 0 Å². The van der Waals surface area contributed by atoms with Crippen LogP contribution in [0, 0.1) is 0 Å². The van der Waals surface area contributed by atoms with Crippen molar-refractivity contribution in [2.45, 2.75) is 13.0 Å². The molecule has 1 heterocycles. The van der Waals surface area contributed by atoms with Gasteiger partial charge < -0.3 is 19.8 Å². The molecule has 0 bridgehead atoms. The largest absolute Gasteiger partial charge is 0.484 e. The fraction of sp³-hybridized carbons (Fsp3) is 0.385. The van der Waals surface area contributed by atoms with Gasteiger partial charge in [0.15, 0.2) is 6.61 Å². The minimum Gasteiger partial charge on any atom is -0.484 e. The van der Waals surface area contributed by atoms with Crippen molar-refractivity contribution in [3.05, 3.63) is 36.0 Å². The lowest BCUT2D eigenvalue weighted by atomic mass is 10.3. The van der Waals surface area contributed by atoms with Gasteiger partial charge in [-0.3, -0.25) is 0 Å². The Kier molecular flexibility index (Phi) is 4.35. The van der Waals surface area contributed by atoms with Gasteiger partial charge in [0.2, 0.25) is 5.89 Å². The average molecular weight is 262 g/mol. The van der Waals surface area contributed by atoms with Crippen molar-refractivity contribution in [1.82, 2.24) is 10.2 Å². The second-order valence-corrected chi connectivity index (χ2v) is 4.31. The molecule has 6 heteroatoms. The number of hydrogen-bond donors (Lipinski definition) is 1. The molecule has 19 heavy (non-hydrogen) atoms. The molecular weight excluding hydrogens is 244 g/mol. The lowest BCUT2D eigenvalue weighted by Gasteiger charge is -2.13. The van der Waals surface area contributed by atoms with Crippen LogP contribution in [0.25, 0.3) is 0 Å². The lowest BCUT2D eigenvalue weighted by molar-refractivity contribution is 0.259. The summed E-state index contributed by atoms with van der Waals surface area (Å²) < 4.78 is 11.0. The average Bonchev–Trinajstić information content (AvgIpc) is 2.85. The number of benzene rings is 1. The van der Waals surface area contributed by atoms with E-state index in [-0.39, 0.29) is 6.61 Å². The molecule has 0 saturated heterocycles. The van der Waals surface area contributed by atoms with Crippen LogP contribution in [-0.4, -0.2) is 30.8 Å². The molecule has 0 aliphatic heterocycles. The maximum atomic E-state index is 5.62. The van der Waals surface area contributed by atoms with E-state index in [9.17, 15) is 0 Å². The molecule has 6 nitrogen and oxygen atoms in total. The van der Waals surface area contributed by atoms with Crippen molar-refractivity contribution < 1.29 is 9.15 Å². The molecule has 102 valence electrons. The summed E-state index contributed by atoms with van der Waals surface area (Å²) >= 11 is 0. The second kappa shape index (κ2) is 6.19. The summed E-state index contributed by atoms with van der Waals surface area (Å²) in [5.41, 5.74) is 6.49. The van der Waals surface area contributed by atoms with Crippen LogP contribution in [-0.2, 0) is 13.0 Å². The molecule has 1 aromatic heterocycles. The zero-order chi connectivity index (χ0) is 13.7. The fourth-order valence-corrected chi connectivity index (χ4v) is 1.57. The molecule has 0 radical (unpaired) electrons. The van der Waals surface area contributed by atoms with Gasteiger partial charge in [-0.15, -0.1) is 10.2 Å². The van der Waals surface area contributed by atoms with E-state index in [0.29, 0.717) is 24.7 Å². The zero-order valence-electron chi connectivity index (χ0n) is 11.2. The number of aromatic nitrogens is 2. The minimum absolute atomic E-state index is 0.258. The number of rotatable bonds is 6. The number of ether oxygens (including phenoxy) is 1. The van der Waals surface area contributed by atoms with Crippen LogP contribution in [0.5, 0.6) is 5.75 Å². The molecule has 0 fully saturated rings. The van der Waals surface area contributed by atoms with Crippen LogP contribution in [0.4, 0.5) is 5.69 Å². The molecule has 2 rings (SSSR count). The third kappa shape index (κ3) is 3.69. The van der Waals surface area contributed by atoms with Gasteiger partial charge >= 0.3 is 0 Å². The minimum atomic E-state index is 0.258. The lowest BCUT2D eigenvalue weighted by Crippen LogP contribution is -2.08. The Hall–Kier alpha value is -2.08. The number of anilines is 1. The SMILES string of the molecule is CN(C)c1cccc(OCc2nnc(CCN)o2)c1. The summed E-state index contributed by atoms with van der Waals surface area (Å²) in [6.45, 7) is 0.752. The molecular formula is C13H18N4O2. The number of nitrogens with zero attached hydrogens (tertiary/aromatic N) is 3. The molecule has 2 N–H and O–H groups in total. The highest BCUT2D eigenvalue weighted by atomic mass is 16.5. The maximum Gasteiger partial charge on any atom is 0.253 e. The highest BCUT2D eigenvalue weighted by Gasteiger charge is 2.06. The van der Waals surface area contributed by atoms with E-state index in [0.717, 1.165) is 11.4 Å². The Morgan fingerprint density at radius 2 is 2.05 bits per heavy atom. The van der Waals surface area contributed by atoms with Crippen LogP contribution < -0.4 is 15.4 Å². The van der Waals surface area contributed by atoms with Gasteiger partial charge in [0.05, 0.1) is 0 Å². The first kappa shape index (κ1) is 13.4. The van der Waals surface area contributed by atoms with E-state index in [1.807, 2.05) is 43.3 Å². The molecule has 0 aliphatic carbocycles. The van der Waals surface area contributed by atoms with Crippen molar-refractivity contribution in [3.8, 4) is 5.75 Å². The molecule has 0 aliphatic rings. The van der Waals surface area contributed by atoms with Crippen molar-refractivity contribution in [2.24, 2.45) is 5.73 Å². The van der Waals surface area contributed by atoms with Gasteiger partial charge in [0.25, 0.3) is 5.89 Å². The highest BCUT2D eigenvalue weighted by Crippen LogP contribution is 2.20. The molecule has 0 unspecified atom stereocenters.